The van der Waals surface area contributed by atoms with Crippen LogP contribution in [0.1, 0.15) is 6.42 Å². The normalized spacial score (nSPS) is 23.9. The Hall–Kier alpha value is -4.03. The van der Waals surface area contributed by atoms with E-state index in [4.69, 9.17) is 11.1 Å². The van der Waals surface area contributed by atoms with Crippen LogP contribution in [0.4, 0.5) is 4.39 Å². The summed E-state index contributed by atoms with van der Waals surface area (Å²) in [5.74, 6) is -4.77. The Labute approximate surface area is 209 Å². The molecule has 2 amide bonds. The number of nitrogens with zero attached hydrogens (tertiary/aromatic N) is 6. The Kier molecular flexibility index (Phi) is 5.64. The highest BCUT2D eigenvalue weighted by atomic mass is 32.2. The molecule has 5 rings (SSSR count). The largest absolute Gasteiger partial charge is 0.477 e. The molecule has 0 spiro atoms. The van der Waals surface area contributed by atoms with E-state index in [2.05, 4.69) is 25.2 Å². The van der Waals surface area contributed by atoms with Gasteiger partial charge in [0.05, 0.1) is 24.2 Å². The lowest BCUT2D eigenvalue weighted by Gasteiger charge is -2.53. The molecule has 1 unspecified atom stereocenters. The summed E-state index contributed by atoms with van der Waals surface area (Å²) in [6, 6.07) is 2.85. The van der Waals surface area contributed by atoms with E-state index in [0.29, 0.717) is 0 Å². The number of hydrazine groups is 1. The second kappa shape index (κ2) is 8.57. The Morgan fingerprint density at radius 3 is 2.89 bits per heavy atom. The number of nitrogens with one attached hydrogen (secondary N) is 3. The number of rotatable bonds is 6. The molecule has 0 radical (unpaired) electrons. The molecule has 1 fully saturated rings. The van der Waals surface area contributed by atoms with Crippen molar-refractivity contribution in [1.29, 1.82) is 5.41 Å². The van der Waals surface area contributed by atoms with Crippen LogP contribution in [0.5, 0.6) is 0 Å². The molecule has 18 heteroatoms. The van der Waals surface area contributed by atoms with E-state index >= 15 is 0 Å². The third kappa shape index (κ3) is 3.48. The Bertz CT molecular complexity index is 1470. The van der Waals surface area contributed by atoms with Crippen LogP contribution in [-0.2, 0) is 19.2 Å². The zero-order chi connectivity index (χ0) is 25.8. The molecular weight excluding hydrogens is 519 g/mol. The van der Waals surface area contributed by atoms with Crippen molar-refractivity contribution in [2.45, 2.75) is 16.8 Å². The molecule has 15 nitrogen and oxygen atoms in total. The van der Waals surface area contributed by atoms with Gasteiger partial charge in [-0.1, -0.05) is 11.8 Å². The van der Waals surface area contributed by atoms with Crippen molar-refractivity contribution in [2.24, 2.45) is 10.9 Å². The fraction of sp³-hybridized carbons (Fsp3) is 0.222. The van der Waals surface area contributed by atoms with Gasteiger partial charge in [-0.2, -0.15) is 18.8 Å². The van der Waals surface area contributed by atoms with E-state index in [1.807, 2.05) is 0 Å². The van der Waals surface area contributed by atoms with Crippen LogP contribution in [0, 0.1) is 5.41 Å². The fourth-order valence-corrected chi connectivity index (χ4v) is 6.22. The molecule has 6 N–H and O–H groups in total. The summed E-state index contributed by atoms with van der Waals surface area (Å²) < 4.78 is 17.0. The molecule has 5 heterocycles. The summed E-state index contributed by atoms with van der Waals surface area (Å²) in [7, 11) is 1.06. The van der Waals surface area contributed by atoms with E-state index < -0.39 is 39.8 Å². The first kappa shape index (κ1) is 23.7. The fourth-order valence-electron chi connectivity index (χ4n) is 3.99. The van der Waals surface area contributed by atoms with Crippen molar-refractivity contribution in [1.82, 2.24) is 34.2 Å². The van der Waals surface area contributed by atoms with Gasteiger partial charge in [0.1, 0.15) is 29.0 Å². The monoisotopic (exact) mass is 536 g/mol. The third-order valence-corrected chi connectivity index (χ3v) is 7.53. The Morgan fingerprint density at radius 2 is 2.25 bits per heavy atom. The van der Waals surface area contributed by atoms with E-state index in [0.717, 1.165) is 35.7 Å². The number of amides is 2. The lowest BCUT2D eigenvalue weighted by molar-refractivity contribution is -0.146. The molecule has 2 atom stereocenters. The molecule has 3 aliphatic rings. The summed E-state index contributed by atoms with van der Waals surface area (Å²) in [6.45, 7) is 0. The molecule has 2 aromatic heterocycles. The quantitative estimate of drug-likeness (QED) is 0.133. The van der Waals surface area contributed by atoms with E-state index in [-0.39, 0.29) is 28.3 Å². The number of carbonyl (C=O) groups excluding carboxylic acids is 2. The summed E-state index contributed by atoms with van der Waals surface area (Å²) in [5.41, 5.74) is 5.53. The number of β-lactam (4-membered cyclic amide) rings is 1. The molecular formula is C18H17FN10O5S2. The van der Waals surface area contributed by atoms with Gasteiger partial charge in [-0.3, -0.25) is 29.5 Å². The van der Waals surface area contributed by atoms with E-state index in [1.54, 1.807) is 0 Å². The van der Waals surface area contributed by atoms with Gasteiger partial charge in [0, 0.05) is 12.3 Å². The standard InChI is InChI=1S/C18H17FN10O5S2/c1-34-24-15(19)16(31)23-18(27-7-9(21)36-25-27)14(13(17(32)33)28-11(30)6-12(28)35-18)26-5-3-8(20)29-10(26)2-4-22-29/h2-5,7,12,20,25H,6,21H2,1H3,(H,23,31)(H,32,33)/t12-,18?/m0/s1. The lowest BCUT2D eigenvalue weighted by atomic mass is 10.1. The number of carboxylic acid groups (broad SMARTS) is 1. The van der Waals surface area contributed by atoms with Gasteiger partial charge in [-0.25, -0.2) is 4.79 Å². The zero-order valence-electron chi connectivity index (χ0n) is 18.2. The van der Waals surface area contributed by atoms with Crippen LogP contribution in [0.3, 0.4) is 0 Å². The number of carbonyl (C=O) groups is 3. The van der Waals surface area contributed by atoms with Gasteiger partial charge in [0.2, 0.25) is 10.9 Å². The minimum atomic E-state index is -1.89. The highest BCUT2D eigenvalue weighted by molar-refractivity contribution is 8.02. The lowest BCUT2D eigenvalue weighted by Crippen LogP contribution is -2.68. The summed E-state index contributed by atoms with van der Waals surface area (Å²) >= 11 is 1.95. The van der Waals surface area contributed by atoms with Crippen molar-refractivity contribution in [3.63, 3.8) is 0 Å². The highest BCUT2D eigenvalue weighted by Crippen LogP contribution is 2.53. The second-order valence-corrected chi connectivity index (χ2v) is 9.70. The average molecular weight is 537 g/mol. The number of aliphatic carboxylic acids is 1. The molecule has 2 aromatic rings. The van der Waals surface area contributed by atoms with Gasteiger partial charge < -0.3 is 21.0 Å². The number of oxime groups is 1. The molecule has 1 saturated heterocycles. The number of aromatic nitrogens is 3. The van der Waals surface area contributed by atoms with Crippen molar-refractivity contribution in [3.8, 4) is 0 Å². The maximum absolute atomic E-state index is 14.5. The predicted octanol–water partition coefficient (Wildman–Crippen LogP) is -0.901. The minimum Gasteiger partial charge on any atom is -0.477 e. The van der Waals surface area contributed by atoms with Gasteiger partial charge in [-0.15, -0.1) is 0 Å². The van der Waals surface area contributed by atoms with Gasteiger partial charge in [0.25, 0.3) is 0 Å². The molecule has 36 heavy (non-hydrogen) atoms. The second-order valence-electron chi connectivity index (χ2n) is 7.47. The number of hydrogen-bond acceptors (Lipinski definition) is 12. The van der Waals surface area contributed by atoms with Crippen LogP contribution >= 0.6 is 23.7 Å². The van der Waals surface area contributed by atoms with Crippen LogP contribution in [0.15, 0.2) is 46.6 Å². The van der Waals surface area contributed by atoms with Crippen LogP contribution in [0.25, 0.3) is 11.3 Å². The first-order chi connectivity index (χ1) is 17.2. The molecule has 0 aliphatic carbocycles. The number of carboxylic acids is 1. The van der Waals surface area contributed by atoms with Crippen LogP contribution < -0.4 is 21.4 Å². The predicted molar refractivity (Wildman–Crippen MR) is 124 cm³/mol. The summed E-state index contributed by atoms with van der Waals surface area (Å²) in [6.07, 6.45) is 4.15. The number of nitrogens with two attached hydrogens (primary N) is 1. The first-order valence-corrected chi connectivity index (χ1v) is 11.7. The minimum absolute atomic E-state index is 0.0167. The molecule has 0 aromatic carbocycles. The third-order valence-electron chi connectivity index (χ3n) is 5.42. The molecule has 0 bridgehead atoms. The topological polar surface area (TPSA) is 196 Å². The van der Waals surface area contributed by atoms with Crippen molar-refractivity contribution in [3.05, 3.63) is 46.9 Å². The Morgan fingerprint density at radius 1 is 1.47 bits per heavy atom. The number of hydrogen-bond donors (Lipinski definition) is 5. The van der Waals surface area contributed by atoms with Crippen molar-refractivity contribution in [2.75, 3.05) is 7.11 Å². The Balaban J connectivity index is 1.85. The summed E-state index contributed by atoms with van der Waals surface area (Å²) in [4.78, 5) is 44.5. The van der Waals surface area contributed by atoms with Gasteiger partial charge >= 0.3 is 17.8 Å². The number of thioether (sulfide) groups is 1. The van der Waals surface area contributed by atoms with Crippen LogP contribution in [-0.4, -0.2) is 70.4 Å². The average Bonchev–Trinajstić information content (AvgIpc) is 3.49. The van der Waals surface area contributed by atoms with Crippen molar-refractivity contribution >= 4 is 58.8 Å². The molecule has 3 aliphatic heterocycles. The van der Waals surface area contributed by atoms with E-state index in [1.165, 1.54) is 44.8 Å². The SMILES string of the molecule is CON=C(F)C(=O)NC1(N2C=C(N)SN2)S[C@H]2CC(=O)N2C(C(=O)O)=C1n1ccc(=N)n2nccc12. The maximum Gasteiger partial charge on any atom is 0.354 e. The van der Waals surface area contributed by atoms with Crippen LogP contribution in [0.2, 0.25) is 0 Å². The van der Waals surface area contributed by atoms with Gasteiger partial charge in [-0.05, 0) is 23.2 Å². The maximum atomic E-state index is 14.5. The molecule has 0 saturated carbocycles. The van der Waals surface area contributed by atoms with E-state index in [9.17, 15) is 23.9 Å². The van der Waals surface area contributed by atoms with Gasteiger partial charge in [0.15, 0.2) is 5.70 Å². The first-order valence-electron chi connectivity index (χ1n) is 10.0. The molecule has 188 valence electrons. The summed E-state index contributed by atoms with van der Waals surface area (Å²) in [5, 5.41) is 28.9. The van der Waals surface area contributed by atoms with Crippen molar-refractivity contribution < 1.29 is 28.7 Å². The zero-order valence-corrected chi connectivity index (χ0v) is 19.8. The smallest absolute Gasteiger partial charge is 0.354 e. The number of fused-ring (bicyclic) bond motifs is 2. The highest BCUT2D eigenvalue weighted by Gasteiger charge is 2.59. The number of halogens is 1.